The monoisotopic (exact) mass is 611 g/mol. The number of nitrogens with two attached hydrogens (primary N) is 1. The first-order valence-electron chi connectivity index (χ1n) is 14.5. The minimum absolute atomic E-state index is 0.0302. The van der Waals surface area contributed by atoms with Crippen molar-refractivity contribution in [3.8, 4) is 27.3 Å². The van der Waals surface area contributed by atoms with Crippen LogP contribution in [0.3, 0.4) is 0 Å². The number of rotatable bonds is 7. The maximum atomic E-state index is 14.0. The first-order chi connectivity index (χ1) is 21.4. The highest BCUT2D eigenvalue weighted by molar-refractivity contribution is 7.13. The molecule has 0 bridgehead atoms. The van der Waals surface area contributed by atoms with Crippen molar-refractivity contribution in [1.29, 1.82) is 0 Å². The second-order valence-electron chi connectivity index (χ2n) is 10.7. The van der Waals surface area contributed by atoms with Crippen molar-refractivity contribution in [1.82, 2.24) is 15.6 Å². The molecule has 2 aliphatic rings. The first-order valence-corrected chi connectivity index (χ1v) is 15.4. The lowest BCUT2D eigenvalue weighted by Gasteiger charge is -2.23. The van der Waals surface area contributed by atoms with Gasteiger partial charge in [0.25, 0.3) is 11.8 Å². The summed E-state index contributed by atoms with van der Waals surface area (Å²) in [5.74, 6) is -0.903. The van der Waals surface area contributed by atoms with E-state index in [1.807, 2.05) is 17.5 Å². The van der Waals surface area contributed by atoms with Crippen molar-refractivity contribution >= 4 is 34.8 Å². The molecule has 6 rings (SSSR count). The molecule has 10 nitrogen and oxygen atoms in total. The number of hydrogen-bond donors (Lipinski definition) is 4. The normalized spacial score (nSPS) is 15.6. The van der Waals surface area contributed by atoms with E-state index < -0.39 is 5.97 Å². The summed E-state index contributed by atoms with van der Waals surface area (Å²) in [7, 11) is 1.26. The molecule has 2 amide bonds. The Hall–Kier alpha value is -4.58. The SMILES string of the molecule is COC(=O)c1nc(C(=O)N[C@H]2CCCNC2)ccc1-c1cc2c(cc1C(=O)Nc1ccc(CN)cc1)-c1sccc1CCO2. The highest BCUT2D eigenvalue weighted by Gasteiger charge is 2.27. The number of esters is 1. The Morgan fingerprint density at radius 3 is 2.66 bits per heavy atom. The van der Waals surface area contributed by atoms with Crippen molar-refractivity contribution in [2.75, 3.05) is 32.1 Å². The van der Waals surface area contributed by atoms with Gasteiger partial charge >= 0.3 is 5.97 Å². The molecule has 1 atom stereocenters. The van der Waals surface area contributed by atoms with E-state index in [-0.39, 0.29) is 29.2 Å². The van der Waals surface area contributed by atoms with Gasteiger partial charge in [-0.1, -0.05) is 12.1 Å². The average molecular weight is 612 g/mol. The summed E-state index contributed by atoms with van der Waals surface area (Å²) in [6, 6.07) is 16.1. The van der Waals surface area contributed by atoms with Gasteiger partial charge in [-0.25, -0.2) is 9.78 Å². The van der Waals surface area contributed by atoms with Crippen LogP contribution in [-0.2, 0) is 17.7 Å². The Morgan fingerprint density at radius 2 is 1.91 bits per heavy atom. The molecular weight excluding hydrogens is 578 g/mol. The molecule has 44 heavy (non-hydrogen) atoms. The zero-order chi connectivity index (χ0) is 30.6. The quantitative estimate of drug-likeness (QED) is 0.225. The van der Waals surface area contributed by atoms with Crippen LogP contribution in [0.5, 0.6) is 5.75 Å². The molecule has 0 radical (unpaired) electrons. The number of ether oxygens (including phenoxy) is 2. The molecule has 1 fully saturated rings. The minimum atomic E-state index is -0.728. The highest BCUT2D eigenvalue weighted by Crippen LogP contribution is 2.43. The van der Waals surface area contributed by atoms with Gasteiger partial charge in [-0.2, -0.15) is 0 Å². The zero-order valence-electron chi connectivity index (χ0n) is 24.3. The Bertz CT molecular complexity index is 1710. The van der Waals surface area contributed by atoms with E-state index in [9.17, 15) is 14.4 Å². The van der Waals surface area contributed by atoms with E-state index in [1.54, 1.807) is 47.7 Å². The molecule has 1 saturated heterocycles. The minimum Gasteiger partial charge on any atom is -0.493 e. The van der Waals surface area contributed by atoms with E-state index in [4.69, 9.17) is 15.2 Å². The van der Waals surface area contributed by atoms with Crippen LogP contribution in [0.15, 0.2) is 60.0 Å². The smallest absolute Gasteiger partial charge is 0.357 e. The number of nitrogens with one attached hydrogen (secondary N) is 3. The van der Waals surface area contributed by atoms with Crippen molar-refractivity contribution in [3.05, 3.63) is 88.1 Å². The second kappa shape index (κ2) is 13.0. The van der Waals surface area contributed by atoms with Gasteiger partial charge in [0, 0.05) is 58.4 Å². The lowest BCUT2D eigenvalue weighted by atomic mass is 9.93. The number of pyridine rings is 1. The maximum Gasteiger partial charge on any atom is 0.357 e. The van der Waals surface area contributed by atoms with Crippen LogP contribution in [0, 0.1) is 0 Å². The Balaban J connectivity index is 1.45. The summed E-state index contributed by atoms with van der Waals surface area (Å²) >= 11 is 1.58. The van der Waals surface area contributed by atoms with Gasteiger partial charge in [-0.3, -0.25) is 9.59 Å². The molecular formula is C33H33N5O5S. The molecule has 0 spiro atoms. The third kappa shape index (κ3) is 6.07. The molecule has 5 N–H and O–H groups in total. The summed E-state index contributed by atoms with van der Waals surface area (Å²) in [5.41, 5.74) is 10.3. The number of amides is 2. The molecule has 0 unspecified atom stereocenters. The van der Waals surface area contributed by atoms with Crippen LogP contribution >= 0.6 is 11.3 Å². The largest absolute Gasteiger partial charge is 0.493 e. The third-order valence-electron chi connectivity index (χ3n) is 7.86. The van der Waals surface area contributed by atoms with E-state index in [2.05, 4.69) is 27.0 Å². The number of hydrogen-bond acceptors (Lipinski definition) is 9. The number of nitrogens with zero attached hydrogens (tertiary/aromatic N) is 1. The highest BCUT2D eigenvalue weighted by atomic mass is 32.1. The Kier molecular flexibility index (Phi) is 8.69. The van der Waals surface area contributed by atoms with Crippen molar-refractivity contribution in [2.45, 2.75) is 31.8 Å². The van der Waals surface area contributed by atoms with Crippen LogP contribution in [-0.4, -0.2) is 55.6 Å². The van der Waals surface area contributed by atoms with Gasteiger partial charge in [-0.15, -0.1) is 11.3 Å². The number of anilines is 1. The van der Waals surface area contributed by atoms with Crippen molar-refractivity contribution in [3.63, 3.8) is 0 Å². The predicted octanol–water partition coefficient (Wildman–Crippen LogP) is 4.39. The summed E-state index contributed by atoms with van der Waals surface area (Å²) in [5, 5.41) is 11.3. The summed E-state index contributed by atoms with van der Waals surface area (Å²) in [6.45, 7) is 2.44. The first kappa shape index (κ1) is 29.5. The Morgan fingerprint density at radius 1 is 1.07 bits per heavy atom. The predicted molar refractivity (Wildman–Crippen MR) is 169 cm³/mol. The molecule has 4 aromatic rings. The molecule has 0 saturated carbocycles. The molecule has 2 aliphatic heterocycles. The van der Waals surface area contributed by atoms with Gasteiger partial charge in [0.15, 0.2) is 5.69 Å². The van der Waals surface area contributed by atoms with Gasteiger partial charge in [0.1, 0.15) is 11.4 Å². The fraction of sp³-hybridized carbons (Fsp3) is 0.273. The van der Waals surface area contributed by atoms with E-state index in [1.165, 1.54) is 7.11 Å². The van der Waals surface area contributed by atoms with Crippen LogP contribution in [0.25, 0.3) is 21.6 Å². The number of fused-ring (bicyclic) bond motifs is 3. The number of methoxy groups -OCH3 is 1. The lowest BCUT2D eigenvalue weighted by Crippen LogP contribution is -2.45. The van der Waals surface area contributed by atoms with E-state index in [0.29, 0.717) is 47.8 Å². The molecule has 11 heteroatoms. The van der Waals surface area contributed by atoms with E-state index in [0.717, 1.165) is 47.4 Å². The number of carbonyl (C=O) groups excluding carboxylic acids is 3. The lowest BCUT2D eigenvalue weighted by molar-refractivity contribution is 0.0594. The van der Waals surface area contributed by atoms with Gasteiger partial charge in [-0.05, 0) is 78.4 Å². The topological polar surface area (TPSA) is 145 Å². The number of piperidine rings is 1. The van der Waals surface area contributed by atoms with Crippen LogP contribution in [0.2, 0.25) is 0 Å². The summed E-state index contributed by atoms with van der Waals surface area (Å²) in [4.78, 5) is 45.7. The van der Waals surface area contributed by atoms with Gasteiger partial charge in [0.05, 0.1) is 13.7 Å². The van der Waals surface area contributed by atoms with Crippen LogP contribution in [0.1, 0.15) is 55.3 Å². The summed E-state index contributed by atoms with van der Waals surface area (Å²) in [6.07, 6.45) is 2.54. The fourth-order valence-corrected chi connectivity index (χ4v) is 6.52. The molecule has 2 aromatic carbocycles. The van der Waals surface area contributed by atoms with E-state index >= 15 is 0 Å². The van der Waals surface area contributed by atoms with Gasteiger partial charge in [0.2, 0.25) is 0 Å². The molecule has 0 aliphatic carbocycles. The number of aromatic nitrogens is 1. The zero-order valence-corrected chi connectivity index (χ0v) is 25.1. The van der Waals surface area contributed by atoms with Gasteiger partial charge < -0.3 is 31.2 Å². The van der Waals surface area contributed by atoms with Crippen molar-refractivity contribution < 1.29 is 23.9 Å². The number of thiophene rings is 1. The average Bonchev–Trinajstić information content (AvgIpc) is 3.46. The number of benzene rings is 2. The molecule has 226 valence electrons. The fourth-order valence-electron chi connectivity index (χ4n) is 5.54. The van der Waals surface area contributed by atoms with Crippen LogP contribution in [0.4, 0.5) is 5.69 Å². The maximum absolute atomic E-state index is 14.0. The Labute approximate surface area is 259 Å². The standard InChI is InChI=1S/C33H33N5O5S/c1-42-33(41)29-23(8-9-27(38-29)32(40)37-22-3-2-12-35-18-22)24-16-28-26(30-20(10-13-43-28)11-14-44-30)15-25(24)31(39)36-21-6-4-19(17-34)5-7-21/h4-9,11,14-16,22,35H,2-3,10,12-13,17-18,34H2,1H3,(H,36,39)(H,37,40)/t22-/m0/s1. The molecule has 2 aromatic heterocycles. The number of carbonyl (C=O) groups is 3. The molecule has 4 heterocycles. The van der Waals surface area contributed by atoms with Crippen LogP contribution < -0.4 is 26.4 Å². The summed E-state index contributed by atoms with van der Waals surface area (Å²) < 4.78 is 11.2. The van der Waals surface area contributed by atoms with Crippen molar-refractivity contribution in [2.24, 2.45) is 5.73 Å². The second-order valence-corrected chi connectivity index (χ2v) is 11.6. The third-order valence-corrected chi connectivity index (χ3v) is 8.85.